The van der Waals surface area contributed by atoms with Gasteiger partial charge in [0.05, 0.1) is 5.69 Å². The molecule has 0 amide bonds. The van der Waals surface area contributed by atoms with Crippen LogP contribution in [0.2, 0.25) is 0 Å². The van der Waals surface area contributed by atoms with E-state index < -0.39 is 0 Å². The lowest BCUT2D eigenvalue weighted by atomic mass is 10.3. The highest BCUT2D eigenvalue weighted by molar-refractivity contribution is 5.43. The summed E-state index contributed by atoms with van der Waals surface area (Å²) < 4.78 is 0. The Bertz CT molecular complexity index is 655. The topological polar surface area (TPSA) is 58.0 Å². The van der Waals surface area contributed by atoms with Crippen molar-refractivity contribution < 1.29 is 0 Å². The van der Waals surface area contributed by atoms with E-state index in [0.29, 0.717) is 0 Å². The van der Waals surface area contributed by atoms with Gasteiger partial charge >= 0.3 is 0 Å². The summed E-state index contributed by atoms with van der Waals surface area (Å²) >= 11 is 0. The predicted octanol–water partition coefficient (Wildman–Crippen LogP) is 2.16. The van der Waals surface area contributed by atoms with Crippen LogP contribution >= 0.6 is 0 Å². The van der Waals surface area contributed by atoms with Crippen LogP contribution in [0, 0.1) is 13.8 Å². The fourth-order valence-electron chi connectivity index (χ4n) is 2.89. The van der Waals surface area contributed by atoms with Crippen LogP contribution in [-0.4, -0.2) is 46.3 Å². The van der Waals surface area contributed by atoms with E-state index in [1.165, 1.54) is 0 Å². The van der Waals surface area contributed by atoms with Crippen LogP contribution in [0.4, 0.5) is 11.6 Å². The van der Waals surface area contributed by atoms with Gasteiger partial charge < -0.3 is 9.80 Å². The van der Waals surface area contributed by atoms with Crippen LogP contribution in [0.25, 0.3) is 0 Å². The fraction of sp³-hybridized carbons (Fsp3) is 0.529. The van der Waals surface area contributed by atoms with Crippen LogP contribution in [-0.2, 0) is 6.42 Å². The second-order valence-electron chi connectivity index (χ2n) is 5.98. The van der Waals surface area contributed by atoms with Crippen molar-refractivity contribution in [3.63, 3.8) is 0 Å². The monoisotopic (exact) mass is 312 g/mol. The molecule has 0 unspecified atom stereocenters. The third-order valence-corrected chi connectivity index (χ3v) is 4.17. The van der Waals surface area contributed by atoms with Gasteiger partial charge in [-0.1, -0.05) is 6.92 Å². The quantitative estimate of drug-likeness (QED) is 0.865. The van der Waals surface area contributed by atoms with Gasteiger partial charge in [0, 0.05) is 37.9 Å². The SMILES string of the molecule is CCc1cc(N2CCCN(c3ccc(C)nn3)CC2)nc(C)n1. The van der Waals surface area contributed by atoms with Crippen molar-refractivity contribution in [1.82, 2.24) is 20.2 Å². The number of hydrogen-bond acceptors (Lipinski definition) is 6. The highest BCUT2D eigenvalue weighted by Gasteiger charge is 2.18. The second-order valence-corrected chi connectivity index (χ2v) is 5.98. The Kier molecular flexibility index (Phi) is 4.69. The third kappa shape index (κ3) is 3.75. The van der Waals surface area contributed by atoms with Crippen molar-refractivity contribution in [2.75, 3.05) is 36.0 Å². The number of anilines is 2. The summed E-state index contributed by atoms with van der Waals surface area (Å²) in [5, 5.41) is 8.49. The van der Waals surface area contributed by atoms with Gasteiger partial charge in [0.25, 0.3) is 0 Å². The van der Waals surface area contributed by atoms with E-state index in [1.807, 2.05) is 19.9 Å². The lowest BCUT2D eigenvalue weighted by Crippen LogP contribution is -2.32. The first kappa shape index (κ1) is 15.6. The summed E-state index contributed by atoms with van der Waals surface area (Å²) in [5.74, 6) is 2.86. The molecule has 1 aliphatic heterocycles. The average Bonchev–Trinajstić information content (AvgIpc) is 2.81. The number of nitrogens with zero attached hydrogens (tertiary/aromatic N) is 6. The van der Waals surface area contributed by atoms with E-state index >= 15 is 0 Å². The molecule has 0 aliphatic carbocycles. The molecule has 1 aliphatic rings. The summed E-state index contributed by atoms with van der Waals surface area (Å²) in [7, 11) is 0. The molecule has 3 heterocycles. The minimum atomic E-state index is 0.852. The second kappa shape index (κ2) is 6.89. The Labute approximate surface area is 137 Å². The highest BCUT2D eigenvalue weighted by Crippen LogP contribution is 2.18. The summed E-state index contributed by atoms with van der Waals surface area (Å²) in [5.41, 5.74) is 2.06. The molecular weight excluding hydrogens is 288 g/mol. The zero-order chi connectivity index (χ0) is 16.2. The van der Waals surface area contributed by atoms with Crippen molar-refractivity contribution in [1.29, 1.82) is 0 Å². The Hall–Kier alpha value is -2.24. The summed E-state index contributed by atoms with van der Waals surface area (Å²) in [6.07, 6.45) is 2.02. The van der Waals surface area contributed by atoms with Gasteiger partial charge in [-0.3, -0.25) is 0 Å². The Balaban J connectivity index is 1.73. The molecule has 0 bridgehead atoms. The molecule has 0 spiro atoms. The van der Waals surface area contributed by atoms with Gasteiger partial charge in [-0.2, -0.15) is 5.10 Å². The van der Waals surface area contributed by atoms with Crippen LogP contribution in [0.15, 0.2) is 18.2 Å². The van der Waals surface area contributed by atoms with Crippen LogP contribution in [0.1, 0.15) is 30.6 Å². The molecule has 0 radical (unpaired) electrons. The van der Waals surface area contributed by atoms with Crippen LogP contribution < -0.4 is 9.80 Å². The Morgan fingerprint density at radius 1 is 0.913 bits per heavy atom. The fourth-order valence-corrected chi connectivity index (χ4v) is 2.89. The number of aromatic nitrogens is 4. The Morgan fingerprint density at radius 2 is 1.65 bits per heavy atom. The predicted molar refractivity (Wildman–Crippen MR) is 92.0 cm³/mol. The molecule has 2 aromatic rings. The lowest BCUT2D eigenvalue weighted by molar-refractivity contribution is 0.781. The van der Waals surface area contributed by atoms with Gasteiger partial charge in [0.15, 0.2) is 5.82 Å². The van der Waals surface area contributed by atoms with Gasteiger partial charge in [-0.25, -0.2) is 9.97 Å². The van der Waals surface area contributed by atoms with Crippen LogP contribution in [0.5, 0.6) is 0 Å². The molecule has 122 valence electrons. The maximum atomic E-state index is 4.62. The standard InChI is InChI=1S/C17H24N6/c1-4-15-12-17(19-14(3)18-15)23-9-5-8-22(10-11-23)16-7-6-13(2)20-21-16/h6-7,12H,4-5,8-11H2,1-3H3. The molecule has 1 saturated heterocycles. The number of aryl methyl sites for hydroxylation is 3. The van der Waals surface area contributed by atoms with E-state index in [9.17, 15) is 0 Å². The number of rotatable bonds is 3. The van der Waals surface area contributed by atoms with E-state index in [0.717, 1.165) is 67.9 Å². The minimum Gasteiger partial charge on any atom is -0.355 e. The number of hydrogen-bond donors (Lipinski definition) is 0. The smallest absolute Gasteiger partial charge is 0.151 e. The first-order valence-electron chi connectivity index (χ1n) is 8.30. The first-order chi connectivity index (χ1) is 11.2. The third-order valence-electron chi connectivity index (χ3n) is 4.17. The van der Waals surface area contributed by atoms with E-state index in [1.54, 1.807) is 0 Å². The Morgan fingerprint density at radius 3 is 2.30 bits per heavy atom. The zero-order valence-corrected chi connectivity index (χ0v) is 14.2. The minimum absolute atomic E-state index is 0.852. The van der Waals surface area contributed by atoms with Crippen LogP contribution in [0.3, 0.4) is 0 Å². The van der Waals surface area contributed by atoms with Crippen molar-refractivity contribution in [3.8, 4) is 0 Å². The van der Waals surface area contributed by atoms with E-state index in [-0.39, 0.29) is 0 Å². The highest BCUT2D eigenvalue weighted by atomic mass is 15.3. The zero-order valence-electron chi connectivity index (χ0n) is 14.2. The van der Waals surface area contributed by atoms with Crippen molar-refractivity contribution in [3.05, 3.63) is 35.4 Å². The first-order valence-corrected chi connectivity index (χ1v) is 8.30. The van der Waals surface area contributed by atoms with Crippen molar-refractivity contribution in [2.45, 2.75) is 33.6 Å². The molecule has 6 nitrogen and oxygen atoms in total. The molecule has 0 aromatic carbocycles. The average molecular weight is 312 g/mol. The summed E-state index contributed by atoms with van der Waals surface area (Å²) in [6.45, 7) is 9.94. The van der Waals surface area contributed by atoms with E-state index in [2.05, 4.69) is 49.0 Å². The maximum Gasteiger partial charge on any atom is 0.151 e. The normalized spacial score (nSPS) is 15.6. The maximum absolute atomic E-state index is 4.62. The van der Waals surface area contributed by atoms with Gasteiger partial charge in [0.1, 0.15) is 11.6 Å². The van der Waals surface area contributed by atoms with E-state index in [4.69, 9.17) is 0 Å². The molecular formula is C17H24N6. The molecule has 2 aromatic heterocycles. The van der Waals surface area contributed by atoms with Crippen molar-refractivity contribution in [2.24, 2.45) is 0 Å². The summed E-state index contributed by atoms with van der Waals surface area (Å²) in [6, 6.07) is 6.20. The molecule has 0 atom stereocenters. The largest absolute Gasteiger partial charge is 0.355 e. The molecule has 0 N–H and O–H groups in total. The van der Waals surface area contributed by atoms with Gasteiger partial charge in [-0.15, -0.1) is 5.10 Å². The lowest BCUT2D eigenvalue weighted by Gasteiger charge is -2.23. The summed E-state index contributed by atoms with van der Waals surface area (Å²) in [4.78, 5) is 13.8. The molecule has 3 rings (SSSR count). The molecule has 23 heavy (non-hydrogen) atoms. The van der Waals surface area contributed by atoms with Gasteiger partial charge in [0.2, 0.25) is 0 Å². The molecule has 6 heteroatoms. The van der Waals surface area contributed by atoms with Gasteiger partial charge in [-0.05, 0) is 38.8 Å². The molecule has 0 saturated carbocycles. The van der Waals surface area contributed by atoms with Crippen molar-refractivity contribution >= 4 is 11.6 Å². The molecule has 1 fully saturated rings.